The number of benzene rings is 2. The third-order valence-electron chi connectivity index (χ3n) is 6.30. The van der Waals surface area contributed by atoms with Crippen LogP contribution in [0.15, 0.2) is 60.7 Å². The van der Waals surface area contributed by atoms with Gasteiger partial charge in [0.2, 0.25) is 0 Å². The Morgan fingerprint density at radius 2 is 1.61 bits per heavy atom. The molecule has 1 aliphatic carbocycles. The lowest BCUT2D eigenvalue weighted by Gasteiger charge is -2.27. The Hall–Kier alpha value is -2.46. The van der Waals surface area contributed by atoms with Gasteiger partial charge < -0.3 is 4.74 Å². The Balaban J connectivity index is 1.41. The van der Waals surface area contributed by atoms with E-state index in [1.165, 1.54) is 56.1 Å². The van der Waals surface area contributed by atoms with Crippen molar-refractivity contribution in [2.75, 3.05) is 6.61 Å². The Morgan fingerprint density at radius 1 is 0.871 bits per heavy atom. The summed E-state index contributed by atoms with van der Waals surface area (Å²) in [4.78, 5) is 0. The molecule has 0 saturated heterocycles. The van der Waals surface area contributed by atoms with Crippen molar-refractivity contribution in [3.05, 3.63) is 77.4 Å². The van der Waals surface area contributed by atoms with Gasteiger partial charge in [-0.15, -0.1) is 0 Å². The van der Waals surface area contributed by atoms with Crippen molar-refractivity contribution >= 4 is 0 Å². The number of hydrogen-bond acceptors (Lipinski definition) is 1. The lowest BCUT2D eigenvalue weighted by atomic mass is 9.78. The molecule has 1 nitrogen and oxygen atoms in total. The van der Waals surface area contributed by atoms with E-state index in [2.05, 4.69) is 86.4 Å². The quantitative estimate of drug-likeness (QED) is 0.297. The zero-order chi connectivity index (χ0) is 21.7. The molecule has 1 aliphatic rings. The molecule has 164 valence electrons. The average molecular weight is 415 g/mol. The van der Waals surface area contributed by atoms with E-state index in [9.17, 15) is 0 Å². The molecule has 3 rings (SSSR count). The van der Waals surface area contributed by atoms with E-state index in [1.807, 2.05) is 0 Å². The van der Waals surface area contributed by atoms with Crippen LogP contribution in [0.4, 0.5) is 0 Å². The molecule has 1 saturated carbocycles. The molecular formula is C30H38O. The molecule has 0 unspecified atom stereocenters. The fourth-order valence-corrected chi connectivity index (χ4v) is 4.38. The molecule has 2 aromatic carbocycles. The van der Waals surface area contributed by atoms with Crippen LogP contribution in [-0.4, -0.2) is 6.61 Å². The van der Waals surface area contributed by atoms with Crippen molar-refractivity contribution in [1.29, 1.82) is 0 Å². The first kappa shape index (κ1) is 23.2. The van der Waals surface area contributed by atoms with Gasteiger partial charge in [-0.25, -0.2) is 0 Å². The topological polar surface area (TPSA) is 9.23 Å². The van der Waals surface area contributed by atoms with Crippen LogP contribution in [-0.2, 0) is 6.42 Å². The minimum Gasteiger partial charge on any atom is -0.494 e. The van der Waals surface area contributed by atoms with E-state index < -0.39 is 0 Å². The highest BCUT2D eigenvalue weighted by molar-refractivity contribution is 5.38. The van der Waals surface area contributed by atoms with Crippen LogP contribution < -0.4 is 4.74 Å². The van der Waals surface area contributed by atoms with E-state index in [0.717, 1.165) is 30.8 Å². The van der Waals surface area contributed by atoms with Gasteiger partial charge in [0.1, 0.15) is 5.75 Å². The van der Waals surface area contributed by atoms with Crippen molar-refractivity contribution in [1.82, 2.24) is 0 Å². The third-order valence-corrected chi connectivity index (χ3v) is 6.30. The molecule has 0 bridgehead atoms. The van der Waals surface area contributed by atoms with Crippen molar-refractivity contribution in [2.45, 2.75) is 77.6 Å². The van der Waals surface area contributed by atoms with Gasteiger partial charge in [0.25, 0.3) is 0 Å². The monoisotopic (exact) mass is 414 g/mol. The maximum Gasteiger partial charge on any atom is 0.119 e. The molecule has 0 heterocycles. The summed E-state index contributed by atoms with van der Waals surface area (Å²) < 4.78 is 5.85. The van der Waals surface area contributed by atoms with Crippen LogP contribution in [0.3, 0.4) is 0 Å². The standard InChI is InChI=1S/C30H38O/c1-3-5-8-24-31-30-22-20-29(21-23-30)28-18-16-27(17-19-28)11-7-6-10-26-14-12-25(9-4-2)13-15-26/h7,11-15,20-23,27-28H,3-5,8-9,16-19,24H2,1-2H3/b11-7+/t27-,28-. The highest BCUT2D eigenvalue weighted by Gasteiger charge is 2.20. The first-order valence-electron chi connectivity index (χ1n) is 12.3. The van der Waals surface area contributed by atoms with Crippen LogP contribution >= 0.6 is 0 Å². The molecule has 1 fully saturated rings. The summed E-state index contributed by atoms with van der Waals surface area (Å²) in [6, 6.07) is 17.5. The SMILES string of the molecule is CCCCCOc1ccc([C@H]2CC[C@H](/C=C/C#Cc3ccc(CCC)cc3)CC2)cc1. The minimum atomic E-state index is 0.665. The molecule has 0 aliphatic heterocycles. The fourth-order valence-electron chi connectivity index (χ4n) is 4.38. The smallest absolute Gasteiger partial charge is 0.119 e. The van der Waals surface area contributed by atoms with Crippen molar-refractivity contribution in [3.63, 3.8) is 0 Å². The summed E-state index contributed by atoms with van der Waals surface area (Å²) in [5.74, 6) is 8.86. The second-order valence-electron chi connectivity index (χ2n) is 8.81. The summed E-state index contributed by atoms with van der Waals surface area (Å²) in [5.41, 5.74) is 3.97. The van der Waals surface area contributed by atoms with Crippen LogP contribution in [0.5, 0.6) is 5.75 Å². The first-order valence-corrected chi connectivity index (χ1v) is 12.3. The molecule has 1 heteroatoms. The Kier molecular flexibility index (Phi) is 9.78. The molecule has 2 aromatic rings. The number of allylic oxidation sites excluding steroid dienone is 2. The summed E-state index contributed by atoms with van der Waals surface area (Å²) in [6.07, 6.45) is 15.4. The molecule has 0 amide bonds. The lowest BCUT2D eigenvalue weighted by Crippen LogP contribution is -2.11. The van der Waals surface area contributed by atoms with Crippen LogP contribution in [0, 0.1) is 17.8 Å². The van der Waals surface area contributed by atoms with Crippen molar-refractivity contribution in [3.8, 4) is 17.6 Å². The fraction of sp³-hybridized carbons (Fsp3) is 0.467. The zero-order valence-corrected chi connectivity index (χ0v) is 19.4. The van der Waals surface area contributed by atoms with Crippen LogP contribution in [0.25, 0.3) is 0 Å². The average Bonchev–Trinajstić information content (AvgIpc) is 2.82. The number of hydrogen-bond donors (Lipinski definition) is 0. The van der Waals surface area contributed by atoms with Crippen molar-refractivity contribution < 1.29 is 4.74 Å². The van der Waals surface area contributed by atoms with Gasteiger partial charge in [0.05, 0.1) is 6.61 Å². The van der Waals surface area contributed by atoms with E-state index >= 15 is 0 Å². The van der Waals surface area contributed by atoms with Gasteiger partial charge in [-0.1, -0.05) is 75.3 Å². The Bertz CT molecular complexity index is 840. The first-order chi connectivity index (χ1) is 15.3. The lowest BCUT2D eigenvalue weighted by molar-refractivity contribution is 0.306. The number of unbranched alkanes of at least 4 members (excludes halogenated alkanes) is 2. The highest BCUT2D eigenvalue weighted by atomic mass is 16.5. The molecule has 0 spiro atoms. The minimum absolute atomic E-state index is 0.665. The van der Waals surface area contributed by atoms with Gasteiger partial charge in [-0.3, -0.25) is 0 Å². The van der Waals surface area contributed by atoms with E-state index in [-0.39, 0.29) is 0 Å². The third kappa shape index (κ3) is 7.95. The summed E-state index contributed by atoms with van der Waals surface area (Å²) in [5, 5.41) is 0. The van der Waals surface area contributed by atoms with E-state index in [4.69, 9.17) is 4.74 Å². The number of ether oxygens (including phenoxy) is 1. The summed E-state index contributed by atoms with van der Waals surface area (Å²) in [7, 11) is 0. The molecule has 0 N–H and O–H groups in total. The largest absolute Gasteiger partial charge is 0.494 e. The maximum absolute atomic E-state index is 5.85. The van der Waals surface area contributed by atoms with Gasteiger partial charge >= 0.3 is 0 Å². The van der Waals surface area contributed by atoms with Gasteiger partial charge in [-0.2, -0.15) is 0 Å². The molecule has 0 aromatic heterocycles. The predicted molar refractivity (Wildman–Crippen MR) is 133 cm³/mol. The highest BCUT2D eigenvalue weighted by Crippen LogP contribution is 2.36. The summed E-state index contributed by atoms with van der Waals surface area (Å²) in [6.45, 7) is 5.27. The summed E-state index contributed by atoms with van der Waals surface area (Å²) >= 11 is 0. The van der Waals surface area contributed by atoms with Crippen LogP contribution in [0.1, 0.15) is 87.8 Å². The normalized spacial score (nSPS) is 18.5. The Labute approximate surface area is 189 Å². The second kappa shape index (κ2) is 13.1. The second-order valence-corrected chi connectivity index (χ2v) is 8.81. The molecule has 0 radical (unpaired) electrons. The molecular weight excluding hydrogens is 376 g/mol. The predicted octanol–water partition coefficient (Wildman–Crippen LogP) is 8.09. The van der Waals surface area contributed by atoms with Crippen LogP contribution in [0.2, 0.25) is 0 Å². The van der Waals surface area contributed by atoms with Gasteiger partial charge in [-0.05, 0) is 91.8 Å². The van der Waals surface area contributed by atoms with Gasteiger partial charge in [0, 0.05) is 5.56 Å². The molecule has 31 heavy (non-hydrogen) atoms. The maximum atomic E-state index is 5.85. The number of rotatable bonds is 9. The van der Waals surface area contributed by atoms with E-state index in [0.29, 0.717) is 11.8 Å². The van der Waals surface area contributed by atoms with E-state index in [1.54, 1.807) is 0 Å². The zero-order valence-electron chi connectivity index (χ0n) is 19.4. The molecule has 0 atom stereocenters. The number of aryl methyl sites for hydroxylation is 1. The van der Waals surface area contributed by atoms with Gasteiger partial charge in [0.15, 0.2) is 0 Å². The Morgan fingerprint density at radius 3 is 2.29 bits per heavy atom. The van der Waals surface area contributed by atoms with Crippen molar-refractivity contribution in [2.24, 2.45) is 5.92 Å².